The minimum Gasteiger partial charge on any atom is -0.463 e. The molecule has 0 aliphatic heterocycles. The largest absolute Gasteiger partial charge is 0.463 e. The van der Waals surface area contributed by atoms with Gasteiger partial charge in [-0.2, -0.15) is 0 Å². The summed E-state index contributed by atoms with van der Waals surface area (Å²) in [7, 11) is 0. The van der Waals surface area contributed by atoms with Crippen LogP contribution in [0.15, 0.2) is 78.9 Å². The van der Waals surface area contributed by atoms with Crippen LogP contribution in [0.4, 0.5) is 5.69 Å². The first-order chi connectivity index (χ1) is 16.0. The zero-order valence-electron chi connectivity index (χ0n) is 19.3. The Morgan fingerprint density at radius 1 is 0.788 bits per heavy atom. The fraction of sp³-hybridized carbons (Fsp3) is 0.310. The first-order valence-corrected chi connectivity index (χ1v) is 11.8. The smallest absolute Gasteiger partial charge is 0.309 e. The number of anilines is 1. The molecule has 1 fully saturated rings. The highest BCUT2D eigenvalue weighted by molar-refractivity contribution is 6.05. The van der Waals surface area contributed by atoms with Crippen molar-refractivity contribution >= 4 is 17.6 Å². The van der Waals surface area contributed by atoms with Crippen molar-refractivity contribution in [3.05, 3.63) is 90.0 Å². The number of benzene rings is 3. The molecule has 1 aliphatic carbocycles. The summed E-state index contributed by atoms with van der Waals surface area (Å²) in [6.45, 7) is 3.77. The highest BCUT2D eigenvalue weighted by Gasteiger charge is 2.29. The fourth-order valence-corrected chi connectivity index (χ4v) is 4.57. The van der Waals surface area contributed by atoms with Gasteiger partial charge in [-0.3, -0.25) is 9.59 Å². The van der Waals surface area contributed by atoms with E-state index in [1.807, 2.05) is 74.5 Å². The van der Waals surface area contributed by atoms with Crippen molar-refractivity contribution in [2.24, 2.45) is 5.92 Å². The zero-order chi connectivity index (χ0) is 23.2. The van der Waals surface area contributed by atoms with E-state index in [1.165, 1.54) is 0 Å². The molecular formula is C29H31NO3. The van der Waals surface area contributed by atoms with E-state index in [4.69, 9.17) is 4.74 Å². The standard InChI is InChI=1S/C29H31NO3/c1-20(2)33-29(32)25-18-14-23(15-19-25)26-10-6-7-11-27(26)30-28(31)24-16-12-22(13-17-24)21-8-4-3-5-9-21/h3-13,16-17,20,23,25H,14-15,18-19H2,1-2H3,(H,30,31). The molecule has 3 aromatic carbocycles. The normalized spacial score (nSPS) is 18.0. The van der Waals surface area contributed by atoms with Gasteiger partial charge in [-0.1, -0.05) is 60.7 Å². The molecule has 4 heteroatoms. The topological polar surface area (TPSA) is 55.4 Å². The number of para-hydroxylation sites is 1. The molecule has 1 amide bonds. The molecular weight excluding hydrogens is 410 g/mol. The number of nitrogens with one attached hydrogen (secondary N) is 1. The first-order valence-electron chi connectivity index (χ1n) is 11.8. The molecule has 3 aromatic rings. The SMILES string of the molecule is CC(C)OC(=O)C1CCC(c2ccccc2NC(=O)c2ccc(-c3ccccc3)cc2)CC1. The van der Waals surface area contributed by atoms with E-state index in [-0.39, 0.29) is 23.9 Å². The summed E-state index contributed by atoms with van der Waals surface area (Å²) in [6, 6.07) is 25.8. The third kappa shape index (κ3) is 5.70. The van der Waals surface area contributed by atoms with Crippen molar-refractivity contribution in [3.63, 3.8) is 0 Å². The molecule has 33 heavy (non-hydrogen) atoms. The maximum atomic E-state index is 13.0. The van der Waals surface area contributed by atoms with Crippen LogP contribution in [0, 0.1) is 5.92 Å². The lowest BCUT2D eigenvalue weighted by molar-refractivity contribution is -0.153. The summed E-state index contributed by atoms with van der Waals surface area (Å²) in [6.07, 6.45) is 3.39. The van der Waals surface area contributed by atoms with Crippen molar-refractivity contribution in [2.45, 2.75) is 51.6 Å². The molecule has 1 N–H and O–H groups in total. The maximum Gasteiger partial charge on any atom is 0.309 e. The van der Waals surface area contributed by atoms with Gasteiger partial charge >= 0.3 is 5.97 Å². The number of hydrogen-bond donors (Lipinski definition) is 1. The lowest BCUT2D eigenvalue weighted by Crippen LogP contribution is -2.25. The highest BCUT2D eigenvalue weighted by atomic mass is 16.5. The highest BCUT2D eigenvalue weighted by Crippen LogP contribution is 2.39. The Morgan fingerprint density at radius 3 is 2.06 bits per heavy atom. The average molecular weight is 442 g/mol. The predicted molar refractivity (Wildman–Crippen MR) is 132 cm³/mol. The van der Waals surface area contributed by atoms with Gasteiger partial charge < -0.3 is 10.1 Å². The second-order valence-electron chi connectivity index (χ2n) is 9.02. The van der Waals surface area contributed by atoms with Gasteiger partial charge in [-0.15, -0.1) is 0 Å². The van der Waals surface area contributed by atoms with Gasteiger partial charge in [-0.05, 0) is 80.3 Å². The van der Waals surface area contributed by atoms with Crippen LogP contribution in [0.1, 0.15) is 61.4 Å². The lowest BCUT2D eigenvalue weighted by Gasteiger charge is -2.29. The van der Waals surface area contributed by atoms with Crippen molar-refractivity contribution in [1.82, 2.24) is 0 Å². The fourth-order valence-electron chi connectivity index (χ4n) is 4.57. The summed E-state index contributed by atoms with van der Waals surface area (Å²) < 4.78 is 5.40. The Kier molecular flexibility index (Phi) is 7.23. The Balaban J connectivity index is 1.42. The van der Waals surface area contributed by atoms with Crippen LogP contribution >= 0.6 is 0 Å². The van der Waals surface area contributed by atoms with Gasteiger partial charge in [0.15, 0.2) is 0 Å². The first kappa shape index (κ1) is 22.8. The molecule has 0 aromatic heterocycles. The number of rotatable bonds is 6. The van der Waals surface area contributed by atoms with E-state index in [0.29, 0.717) is 11.5 Å². The molecule has 4 rings (SSSR count). The van der Waals surface area contributed by atoms with Crippen LogP contribution in [-0.4, -0.2) is 18.0 Å². The number of hydrogen-bond acceptors (Lipinski definition) is 3. The number of ether oxygens (including phenoxy) is 1. The van der Waals surface area contributed by atoms with Crippen molar-refractivity contribution < 1.29 is 14.3 Å². The Bertz CT molecular complexity index is 1080. The van der Waals surface area contributed by atoms with Crippen LogP contribution in [0.2, 0.25) is 0 Å². The van der Waals surface area contributed by atoms with Gasteiger partial charge in [-0.25, -0.2) is 0 Å². The molecule has 0 spiro atoms. The molecule has 0 atom stereocenters. The van der Waals surface area contributed by atoms with Gasteiger partial charge in [0.1, 0.15) is 0 Å². The van der Waals surface area contributed by atoms with Gasteiger partial charge in [0.05, 0.1) is 12.0 Å². The number of carbonyl (C=O) groups is 2. The Labute approximate surface area is 196 Å². The third-order valence-corrected chi connectivity index (χ3v) is 6.32. The van der Waals surface area contributed by atoms with Crippen LogP contribution in [0.5, 0.6) is 0 Å². The van der Waals surface area contributed by atoms with E-state index in [2.05, 4.69) is 23.5 Å². The van der Waals surface area contributed by atoms with Crippen LogP contribution < -0.4 is 5.32 Å². The quantitative estimate of drug-likeness (QED) is 0.427. The minimum absolute atomic E-state index is 0.0199. The van der Waals surface area contributed by atoms with Crippen LogP contribution in [-0.2, 0) is 9.53 Å². The van der Waals surface area contributed by atoms with E-state index in [9.17, 15) is 9.59 Å². The van der Waals surface area contributed by atoms with Gasteiger partial charge in [0.2, 0.25) is 0 Å². The number of carbonyl (C=O) groups excluding carboxylic acids is 2. The molecule has 0 saturated heterocycles. The van der Waals surface area contributed by atoms with Crippen LogP contribution in [0.25, 0.3) is 11.1 Å². The molecule has 1 saturated carbocycles. The molecule has 0 heterocycles. The minimum atomic E-state index is -0.115. The maximum absolute atomic E-state index is 13.0. The van der Waals surface area contributed by atoms with Crippen molar-refractivity contribution in [2.75, 3.05) is 5.32 Å². The Hall–Kier alpha value is -3.40. The van der Waals surface area contributed by atoms with Crippen LogP contribution in [0.3, 0.4) is 0 Å². The number of esters is 1. The second-order valence-corrected chi connectivity index (χ2v) is 9.02. The molecule has 0 radical (unpaired) electrons. The summed E-state index contributed by atoms with van der Waals surface area (Å²) in [5.41, 5.74) is 4.83. The van der Waals surface area contributed by atoms with Gasteiger partial charge in [0.25, 0.3) is 5.91 Å². The van der Waals surface area contributed by atoms with E-state index in [1.54, 1.807) is 0 Å². The van der Waals surface area contributed by atoms with E-state index in [0.717, 1.165) is 48.1 Å². The Morgan fingerprint density at radius 2 is 1.39 bits per heavy atom. The van der Waals surface area contributed by atoms with Crippen molar-refractivity contribution in [3.8, 4) is 11.1 Å². The monoisotopic (exact) mass is 441 g/mol. The summed E-state index contributed by atoms with van der Waals surface area (Å²) in [5.74, 6) is 0.110. The van der Waals surface area contributed by atoms with Gasteiger partial charge in [0, 0.05) is 11.3 Å². The number of amides is 1. The summed E-state index contributed by atoms with van der Waals surface area (Å²) in [4.78, 5) is 25.2. The molecule has 0 unspecified atom stereocenters. The average Bonchev–Trinajstić information content (AvgIpc) is 2.85. The summed E-state index contributed by atoms with van der Waals surface area (Å²) in [5, 5.41) is 3.11. The molecule has 1 aliphatic rings. The van der Waals surface area contributed by atoms with E-state index >= 15 is 0 Å². The summed E-state index contributed by atoms with van der Waals surface area (Å²) >= 11 is 0. The molecule has 170 valence electrons. The molecule has 4 nitrogen and oxygen atoms in total. The van der Waals surface area contributed by atoms with E-state index < -0.39 is 0 Å². The predicted octanol–water partition coefficient (Wildman–Crippen LogP) is 6.83. The zero-order valence-corrected chi connectivity index (χ0v) is 19.3. The lowest BCUT2D eigenvalue weighted by atomic mass is 9.78. The van der Waals surface area contributed by atoms with Crippen molar-refractivity contribution in [1.29, 1.82) is 0 Å². The second kappa shape index (κ2) is 10.5. The third-order valence-electron chi connectivity index (χ3n) is 6.32. The molecule has 0 bridgehead atoms.